The number of aliphatic hydroxyl groups excluding tert-OH is 1. The third kappa shape index (κ3) is 2.42. The van der Waals surface area contributed by atoms with E-state index in [0.29, 0.717) is 11.7 Å². The lowest BCUT2D eigenvalue weighted by Crippen LogP contribution is -2.16. The van der Waals surface area contributed by atoms with Gasteiger partial charge in [0.15, 0.2) is 6.10 Å². The van der Waals surface area contributed by atoms with Crippen molar-refractivity contribution >= 4 is 11.8 Å². The second-order valence-corrected chi connectivity index (χ2v) is 6.52. The van der Waals surface area contributed by atoms with Crippen molar-refractivity contribution in [2.75, 3.05) is 5.75 Å². The molecule has 3 unspecified atom stereocenters. The van der Waals surface area contributed by atoms with Gasteiger partial charge in [0.2, 0.25) is 11.7 Å². The van der Waals surface area contributed by atoms with Crippen molar-refractivity contribution in [3.63, 3.8) is 0 Å². The fraction of sp³-hybridized carbons (Fsp3) is 0.467. The molecule has 1 aromatic heterocycles. The largest absolute Gasteiger partial charge is 0.480 e. The zero-order chi connectivity index (χ0) is 14.2. The fourth-order valence-corrected chi connectivity index (χ4v) is 3.89. The highest BCUT2D eigenvalue weighted by Gasteiger charge is 2.33. The number of para-hydroxylation sites is 1. The molecule has 1 fully saturated rings. The minimum absolute atomic E-state index is 0.0187. The van der Waals surface area contributed by atoms with Crippen molar-refractivity contribution in [3.8, 4) is 5.75 Å². The third-order valence-electron chi connectivity index (χ3n) is 4.05. The minimum Gasteiger partial charge on any atom is -0.480 e. The number of aromatic nitrogens is 2. The number of rotatable bonds is 2. The quantitative estimate of drug-likeness (QED) is 0.920. The molecule has 110 valence electrons. The number of aliphatic hydroxyl groups is 1. The summed E-state index contributed by atoms with van der Waals surface area (Å²) in [6.45, 7) is 0. The van der Waals surface area contributed by atoms with Crippen molar-refractivity contribution in [2.24, 2.45) is 0 Å². The Morgan fingerprint density at radius 3 is 3.00 bits per heavy atom. The zero-order valence-electron chi connectivity index (χ0n) is 11.4. The van der Waals surface area contributed by atoms with Gasteiger partial charge in [-0.15, -0.1) is 11.8 Å². The SMILES string of the molecule is OC1CCCC1c1nc(C2CSc3ccccc3O2)no1. The molecular formula is C15H16N2O3S. The first-order valence-electron chi connectivity index (χ1n) is 7.21. The molecule has 5 nitrogen and oxygen atoms in total. The number of fused-ring (bicyclic) bond motifs is 1. The summed E-state index contributed by atoms with van der Waals surface area (Å²) < 4.78 is 11.3. The summed E-state index contributed by atoms with van der Waals surface area (Å²) in [6.07, 6.45) is 2.17. The lowest BCUT2D eigenvalue weighted by Gasteiger charge is -2.22. The van der Waals surface area contributed by atoms with Gasteiger partial charge in [0.25, 0.3) is 0 Å². The number of nitrogens with zero attached hydrogens (tertiary/aromatic N) is 2. The van der Waals surface area contributed by atoms with E-state index in [2.05, 4.69) is 10.1 Å². The molecule has 1 aromatic carbocycles. The van der Waals surface area contributed by atoms with Gasteiger partial charge >= 0.3 is 0 Å². The Hall–Kier alpha value is -1.53. The molecule has 0 spiro atoms. The average Bonchev–Trinajstić information content (AvgIpc) is 3.15. The van der Waals surface area contributed by atoms with Crippen LogP contribution in [0.1, 0.15) is 43.0 Å². The average molecular weight is 304 g/mol. The summed E-state index contributed by atoms with van der Waals surface area (Å²) in [6, 6.07) is 7.96. The Bertz CT molecular complexity index is 645. The first-order valence-corrected chi connectivity index (χ1v) is 8.20. The Morgan fingerprint density at radius 1 is 1.24 bits per heavy atom. The summed E-state index contributed by atoms with van der Waals surface area (Å²) in [5.41, 5.74) is 0. The zero-order valence-corrected chi connectivity index (χ0v) is 12.3. The van der Waals surface area contributed by atoms with Crippen LogP contribution in [0, 0.1) is 0 Å². The minimum atomic E-state index is -0.360. The van der Waals surface area contributed by atoms with Crippen molar-refractivity contribution in [1.29, 1.82) is 0 Å². The molecule has 1 N–H and O–H groups in total. The third-order valence-corrected chi connectivity index (χ3v) is 5.17. The second-order valence-electron chi connectivity index (χ2n) is 5.46. The number of hydrogen-bond donors (Lipinski definition) is 1. The van der Waals surface area contributed by atoms with E-state index >= 15 is 0 Å². The van der Waals surface area contributed by atoms with E-state index in [1.165, 1.54) is 0 Å². The smallest absolute Gasteiger partial charge is 0.232 e. The van der Waals surface area contributed by atoms with Gasteiger partial charge in [0.05, 0.1) is 12.0 Å². The van der Waals surface area contributed by atoms with Gasteiger partial charge in [0.1, 0.15) is 5.75 Å². The van der Waals surface area contributed by atoms with Crippen LogP contribution in [0.15, 0.2) is 33.7 Å². The van der Waals surface area contributed by atoms with E-state index in [9.17, 15) is 5.11 Å². The molecule has 6 heteroatoms. The monoisotopic (exact) mass is 304 g/mol. The normalized spacial score (nSPS) is 28.1. The Morgan fingerprint density at radius 2 is 2.14 bits per heavy atom. The van der Waals surface area contributed by atoms with Gasteiger partial charge in [-0.2, -0.15) is 4.98 Å². The summed E-state index contributed by atoms with van der Waals surface area (Å²) in [4.78, 5) is 5.61. The number of hydrogen-bond acceptors (Lipinski definition) is 6. The second kappa shape index (κ2) is 5.35. The van der Waals surface area contributed by atoms with Gasteiger partial charge in [-0.1, -0.05) is 17.3 Å². The van der Waals surface area contributed by atoms with E-state index in [1.807, 2.05) is 24.3 Å². The van der Waals surface area contributed by atoms with E-state index in [1.54, 1.807) is 11.8 Å². The van der Waals surface area contributed by atoms with Crippen LogP contribution < -0.4 is 4.74 Å². The first-order chi connectivity index (χ1) is 10.3. The molecule has 4 rings (SSSR count). The van der Waals surface area contributed by atoms with Crippen LogP contribution in [-0.2, 0) is 0 Å². The standard InChI is InChI=1S/C15H16N2O3S/c18-10-5-3-4-9(10)15-16-14(17-20-15)12-8-21-13-7-2-1-6-11(13)19-12/h1-2,6-7,9-10,12,18H,3-5,8H2. The van der Waals surface area contributed by atoms with Crippen LogP contribution in [0.4, 0.5) is 0 Å². The predicted octanol–water partition coefficient (Wildman–Crippen LogP) is 2.92. The van der Waals surface area contributed by atoms with Crippen molar-refractivity contribution < 1.29 is 14.4 Å². The van der Waals surface area contributed by atoms with Gasteiger partial charge in [-0.3, -0.25) is 0 Å². The molecule has 21 heavy (non-hydrogen) atoms. The molecule has 1 saturated carbocycles. The summed E-state index contributed by atoms with van der Waals surface area (Å²) in [7, 11) is 0. The Kier molecular flexibility index (Phi) is 3.35. The van der Waals surface area contributed by atoms with Crippen LogP contribution >= 0.6 is 11.8 Å². The molecule has 2 aromatic rings. The van der Waals surface area contributed by atoms with Crippen molar-refractivity contribution in [3.05, 3.63) is 36.0 Å². The summed E-state index contributed by atoms with van der Waals surface area (Å²) in [5, 5.41) is 14.0. The van der Waals surface area contributed by atoms with Crippen molar-refractivity contribution in [2.45, 2.75) is 42.3 Å². The molecule has 0 amide bonds. The van der Waals surface area contributed by atoms with E-state index in [4.69, 9.17) is 9.26 Å². The van der Waals surface area contributed by atoms with Crippen LogP contribution in [-0.4, -0.2) is 27.1 Å². The molecule has 0 radical (unpaired) electrons. The van der Waals surface area contributed by atoms with Crippen LogP contribution in [0.25, 0.3) is 0 Å². The fourth-order valence-electron chi connectivity index (χ4n) is 2.90. The highest BCUT2D eigenvalue weighted by Crippen LogP contribution is 2.40. The van der Waals surface area contributed by atoms with Gasteiger partial charge in [-0.25, -0.2) is 0 Å². The molecule has 3 atom stereocenters. The molecule has 1 aliphatic heterocycles. The maximum Gasteiger partial charge on any atom is 0.232 e. The van der Waals surface area contributed by atoms with E-state index < -0.39 is 0 Å². The van der Waals surface area contributed by atoms with Crippen LogP contribution in [0.3, 0.4) is 0 Å². The van der Waals surface area contributed by atoms with E-state index in [0.717, 1.165) is 35.7 Å². The maximum absolute atomic E-state index is 9.93. The molecule has 2 aliphatic rings. The van der Waals surface area contributed by atoms with Crippen molar-refractivity contribution in [1.82, 2.24) is 10.1 Å². The Balaban J connectivity index is 1.54. The molecule has 0 bridgehead atoms. The molecule has 2 heterocycles. The number of thioether (sulfide) groups is 1. The van der Waals surface area contributed by atoms with E-state index in [-0.39, 0.29) is 18.1 Å². The molecule has 1 aliphatic carbocycles. The van der Waals surface area contributed by atoms with Gasteiger partial charge in [-0.05, 0) is 31.4 Å². The topological polar surface area (TPSA) is 68.4 Å². The highest BCUT2D eigenvalue weighted by atomic mass is 32.2. The summed E-state index contributed by atoms with van der Waals surface area (Å²) in [5.74, 6) is 2.73. The molecule has 0 saturated heterocycles. The first kappa shape index (κ1) is 13.2. The number of ether oxygens (including phenoxy) is 1. The number of benzene rings is 1. The van der Waals surface area contributed by atoms with Crippen LogP contribution in [0.5, 0.6) is 5.75 Å². The Labute approximate surface area is 126 Å². The van der Waals surface area contributed by atoms with Crippen LogP contribution in [0.2, 0.25) is 0 Å². The summed E-state index contributed by atoms with van der Waals surface area (Å²) >= 11 is 1.74. The highest BCUT2D eigenvalue weighted by molar-refractivity contribution is 7.99. The maximum atomic E-state index is 9.93. The lowest BCUT2D eigenvalue weighted by molar-refractivity contribution is 0.147. The lowest BCUT2D eigenvalue weighted by atomic mass is 10.1. The van der Waals surface area contributed by atoms with Gasteiger partial charge in [0, 0.05) is 10.6 Å². The molecular weight excluding hydrogens is 288 g/mol. The van der Waals surface area contributed by atoms with Gasteiger partial charge < -0.3 is 14.4 Å². The predicted molar refractivity (Wildman–Crippen MR) is 77.4 cm³/mol.